The number of nitrogens with one attached hydrogen (secondary N) is 2. The third-order valence-electron chi connectivity index (χ3n) is 4.08. The van der Waals surface area contributed by atoms with Crippen molar-refractivity contribution >= 4 is 26.6 Å². The fourth-order valence-corrected chi connectivity index (χ4v) is 3.30. The minimum atomic E-state index is -3.40. The van der Waals surface area contributed by atoms with Crippen LogP contribution >= 0.6 is 0 Å². The van der Waals surface area contributed by atoms with Crippen molar-refractivity contribution in [1.29, 1.82) is 0 Å². The van der Waals surface area contributed by atoms with E-state index < -0.39 is 10.0 Å². The first-order chi connectivity index (χ1) is 10.9. The number of nitrogens with zero attached hydrogens (tertiary/aromatic N) is 1. The Morgan fingerprint density at radius 1 is 1.39 bits per heavy atom. The van der Waals surface area contributed by atoms with Gasteiger partial charge in [-0.2, -0.15) is 5.10 Å². The molecular weight excluding hydrogens is 314 g/mol. The zero-order chi connectivity index (χ0) is 16.6. The van der Waals surface area contributed by atoms with E-state index in [0.29, 0.717) is 5.71 Å². The maximum absolute atomic E-state index is 11.3. The molecule has 23 heavy (non-hydrogen) atoms. The van der Waals surface area contributed by atoms with Gasteiger partial charge in [0.1, 0.15) is 0 Å². The number of hydrogen-bond acceptors (Lipinski definition) is 4. The molecule has 2 N–H and O–H groups in total. The molecule has 1 aromatic heterocycles. The highest BCUT2D eigenvalue weighted by atomic mass is 32.2. The second-order valence-electron chi connectivity index (χ2n) is 5.74. The van der Waals surface area contributed by atoms with Crippen molar-refractivity contribution in [2.24, 2.45) is 5.10 Å². The molecule has 0 bridgehead atoms. The molecule has 1 atom stereocenters. The number of benzene rings is 1. The molecule has 0 radical (unpaired) electrons. The number of hydrogen-bond donors (Lipinski definition) is 2. The smallest absolute Gasteiger partial charge is 0.244 e. The first-order valence-electron chi connectivity index (χ1n) is 7.73. The molecule has 1 aliphatic heterocycles. The number of H-pyrrole nitrogens is 1. The van der Waals surface area contributed by atoms with E-state index in [4.69, 9.17) is 4.74 Å². The van der Waals surface area contributed by atoms with Gasteiger partial charge in [-0.3, -0.25) is 0 Å². The van der Waals surface area contributed by atoms with E-state index in [1.807, 2.05) is 12.1 Å². The molecule has 0 saturated carbocycles. The maximum atomic E-state index is 11.3. The molecule has 6 nitrogen and oxygen atoms in total. The van der Waals surface area contributed by atoms with Crippen molar-refractivity contribution in [2.75, 3.05) is 12.9 Å². The fourth-order valence-electron chi connectivity index (χ4n) is 3.03. The predicted molar refractivity (Wildman–Crippen MR) is 91.2 cm³/mol. The summed E-state index contributed by atoms with van der Waals surface area (Å²) in [5.74, 6) is 0. The Labute approximate surface area is 136 Å². The number of fused-ring (bicyclic) bond motifs is 3. The van der Waals surface area contributed by atoms with Gasteiger partial charge >= 0.3 is 0 Å². The Balaban J connectivity index is 2.21. The molecule has 0 amide bonds. The SMILES string of the molecule is CCc1cccc2c3c([nH]c12)C(CC)OCC3=NNS(C)(=O)=O. The van der Waals surface area contributed by atoms with Crippen LogP contribution in [0.3, 0.4) is 0 Å². The number of ether oxygens (including phenoxy) is 1. The van der Waals surface area contributed by atoms with Crippen LogP contribution in [0.2, 0.25) is 0 Å². The van der Waals surface area contributed by atoms with Crippen molar-refractivity contribution in [1.82, 2.24) is 9.82 Å². The summed E-state index contributed by atoms with van der Waals surface area (Å²) < 4.78 is 28.5. The van der Waals surface area contributed by atoms with E-state index in [-0.39, 0.29) is 12.7 Å². The zero-order valence-electron chi connectivity index (χ0n) is 13.5. The first-order valence-corrected chi connectivity index (χ1v) is 9.62. The monoisotopic (exact) mass is 335 g/mol. The summed E-state index contributed by atoms with van der Waals surface area (Å²) in [6, 6.07) is 6.16. The van der Waals surface area contributed by atoms with Gasteiger partial charge < -0.3 is 9.72 Å². The van der Waals surface area contributed by atoms with Gasteiger partial charge in [-0.05, 0) is 18.4 Å². The van der Waals surface area contributed by atoms with Gasteiger partial charge in [-0.25, -0.2) is 13.2 Å². The minimum absolute atomic E-state index is 0.0284. The Hall–Kier alpha value is -1.86. The lowest BCUT2D eigenvalue weighted by atomic mass is 9.98. The highest BCUT2D eigenvalue weighted by Gasteiger charge is 2.29. The molecule has 0 aliphatic carbocycles. The molecule has 1 aromatic carbocycles. The van der Waals surface area contributed by atoms with Crippen LogP contribution in [0, 0.1) is 0 Å². The van der Waals surface area contributed by atoms with Gasteiger partial charge in [-0.1, -0.05) is 32.0 Å². The molecule has 0 saturated heterocycles. The third kappa shape index (κ3) is 2.98. The average molecular weight is 335 g/mol. The molecule has 0 fully saturated rings. The highest BCUT2D eigenvalue weighted by molar-refractivity contribution is 7.88. The molecule has 0 spiro atoms. The topological polar surface area (TPSA) is 83.5 Å². The van der Waals surface area contributed by atoms with Gasteiger partial charge in [0.05, 0.1) is 30.4 Å². The van der Waals surface area contributed by atoms with Gasteiger partial charge in [0.25, 0.3) is 0 Å². The number of sulfonamides is 1. The van der Waals surface area contributed by atoms with Crippen molar-refractivity contribution in [2.45, 2.75) is 32.8 Å². The van der Waals surface area contributed by atoms with Crippen LogP contribution in [0.1, 0.15) is 43.2 Å². The Morgan fingerprint density at radius 2 is 2.17 bits per heavy atom. The van der Waals surface area contributed by atoms with Crippen LogP contribution < -0.4 is 4.83 Å². The number of aromatic nitrogens is 1. The lowest BCUT2D eigenvalue weighted by Gasteiger charge is -2.23. The summed E-state index contributed by atoms with van der Waals surface area (Å²) in [7, 11) is -3.40. The lowest BCUT2D eigenvalue weighted by Crippen LogP contribution is -2.26. The van der Waals surface area contributed by atoms with Crippen LogP contribution in [0.15, 0.2) is 23.3 Å². The van der Waals surface area contributed by atoms with Gasteiger partial charge in [0, 0.05) is 16.5 Å². The average Bonchev–Trinajstić information content (AvgIpc) is 2.91. The second-order valence-corrected chi connectivity index (χ2v) is 7.46. The van der Waals surface area contributed by atoms with E-state index in [1.165, 1.54) is 5.56 Å². The molecule has 3 rings (SSSR count). The number of para-hydroxylation sites is 1. The van der Waals surface area contributed by atoms with Crippen LogP contribution in [0.5, 0.6) is 0 Å². The molecular formula is C16H21N3O3S. The van der Waals surface area contributed by atoms with Crippen LogP contribution in [-0.2, 0) is 21.2 Å². The van der Waals surface area contributed by atoms with E-state index in [2.05, 4.69) is 34.8 Å². The summed E-state index contributed by atoms with van der Waals surface area (Å²) in [5, 5.41) is 5.14. The summed E-state index contributed by atoms with van der Waals surface area (Å²) in [6.07, 6.45) is 2.82. The Morgan fingerprint density at radius 3 is 2.83 bits per heavy atom. The normalized spacial score (nSPS) is 20.0. The minimum Gasteiger partial charge on any atom is -0.366 e. The van der Waals surface area contributed by atoms with Crippen LogP contribution in [0.25, 0.3) is 10.9 Å². The van der Waals surface area contributed by atoms with Crippen molar-refractivity contribution in [3.8, 4) is 0 Å². The Bertz CT molecular complexity index is 868. The van der Waals surface area contributed by atoms with Crippen molar-refractivity contribution < 1.29 is 13.2 Å². The van der Waals surface area contributed by atoms with Gasteiger partial charge in [0.15, 0.2) is 0 Å². The summed E-state index contributed by atoms with van der Waals surface area (Å²) >= 11 is 0. The summed E-state index contributed by atoms with van der Waals surface area (Å²) in [6.45, 7) is 4.47. The van der Waals surface area contributed by atoms with Crippen molar-refractivity contribution in [3.63, 3.8) is 0 Å². The molecule has 1 aliphatic rings. The lowest BCUT2D eigenvalue weighted by molar-refractivity contribution is 0.0703. The van der Waals surface area contributed by atoms with Crippen molar-refractivity contribution in [3.05, 3.63) is 35.0 Å². The van der Waals surface area contributed by atoms with E-state index in [1.54, 1.807) is 0 Å². The predicted octanol–water partition coefficient (Wildman–Crippen LogP) is 2.46. The third-order valence-corrected chi connectivity index (χ3v) is 4.50. The standard InChI is InChI=1S/C16H21N3O3S/c1-4-10-7-6-8-11-14-12(18-19-23(3,20)21)9-22-13(5-2)16(14)17-15(10)11/h6-8,13,17,19H,4-5,9H2,1-3H3. The number of hydrazone groups is 1. The fraction of sp³-hybridized carbons (Fsp3) is 0.438. The molecule has 2 heterocycles. The largest absolute Gasteiger partial charge is 0.366 e. The van der Waals surface area contributed by atoms with E-state index in [0.717, 1.165) is 41.3 Å². The van der Waals surface area contributed by atoms with Crippen LogP contribution in [0.4, 0.5) is 0 Å². The van der Waals surface area contributed by atoms with Gasteiger partial charge in [-0.15, -0.1) is 0 Å². The summed E-state index contributed by atoms with van der Waals surface area (Å²) in [5.41, 5.74) is 4.85. The molecule has 124 valence electrons. The second kappa shape index (κ2) is 5.98. The zero-order valence-corrected chi connectivity index (χ0v) is 14.3. The molecule has 7 heteroatoms. The number of aryl methyl sites for hydroxylation is 1. The number of aromatic amines is 1. The Kier molecular flexibility index (Phi) is 4.16. The van der Waals surface area contributed by atoms with Gasteiger partial charge in [0.2, 0.25) is 10.0 Å². The summed E-state index contributed by atoms with van der Waals surface area (Å²) in [4.78, 5) is 5.70. The molecule has 1 unspecified atom stereocenters. The van der Waals surface area contributed by atoms with E-state index in [9.17, 15) is 8.42 Å². The number of rotatable bonds is 4. The maximum Gasteiger partial charge on any atom is 0.244 e. The first kappa shape index (κ1) is 16.0. The van der Waals surface area contributed by atoms with E-state index >= 15 is 0 Å². The highest BCUT2D eigenvalue weighted by Crippen LogP contribution is 2.35. The quantitative estimate of drug-likeness (QED) is 0.842. The van der Waals surface area contributed by atoms with Crippen LogP contribution in [-0.4, -0.2) is 32.0 Å². The molecule has 2 aromatic rings.